The highest BCUT2D eigenvalue weighted by Crippen LogP contribution is 2.46. The predicted octanol–water partition coefficient (Wildman–Crippen LogP) is 1.30. The van der Waals surface area contributed by atoms with Crippen molar-refractivity contribution in [1.29, 1.82) is 0 Å². The molecule has 1 fully saturated rings. The number of hydrogen-bond acceptors (Lipinski definition) is 4. The lowest BCUT2D eigenvalue weighted by Gasteiger charge is -2.56. The minimum atomic E-state index is -0.557. The maximum Gasteiger partial charge on any atom is 0.0658 e. The minimum absolute atomic E-state index is 0.0321. The summed E-state index contributed by atoms with van der Waals surface area (Å²) in [5, 5.41) is 22.5. The molecular weight excluding hydrogens is 230 g/mol. The van der Waals surface area contributed by atoms with Gasteiger partial charge in [-0.2, -0.15) is 0 Å². The summed E-state index contributed by atoms with van der Waals surface area (Å²) in [6.45, 7) is 9.09. The molecule has 108 valence electrons. The van der Waals surface area contributed by atoms with Gasteiger partial charge in [-0.25, -0.2) is 0 Å². The monoisotopic (exact) mass is 259 g/mol. The zero-order valence-corrected chi connectivity index (χ0v) is 12.2. The van der Waals surface area contributed by atoms with Crippen molar-refractivity contribution < 1.29 is 14.9 Å². The lowest BCUT2D eigenvalue weighted by atomic mass is 9.61. The van der Waals surface area contributed by atoms with E-state index in [1.807, 2.05) is 13.8 Å². The molecule has 4 heteroatoms. The van der Waals surface area contributed by atoms with Crippen LogP contribution in [0.4, 0.5) is 0 Å². The Morgan fingerprint density at radius 2 is 1.89 bits per heavy atom. The molecule has 1 aliphatic carbocycles. The van der Waals surface area contributed by atoms with Crippen molar-refractivity contribution in [2.45, 2.75) is 64.6 Å². The van der Waals surface area contributed by atoms with Crippen LogP contribution in [0.5, 0.6) is 0 Å². The fraction of sp³-hybridized carbons (Fsp3) is 1.00. The molecule has 0 amide bonds. The van der Waals surface area contributed by atoms with E-state index in [4.69, 9.17) is 4.74 Å². The molecule has 1 saturated carbocycles. The van der Waals surface area contributed by atoms with Gasteiger partial charge >= 0.3 is 0 Å². The Bertz CT molecular complexity index is 247. The highest BCUT2D eigenvalue weighted by atomic mass is 16.5. The van der Waals surface area contributed by atoms with Crippen LogP contribution in [-0.2, 0) is 4.74 Å². The van der Waals surface area contributed by atoms with E-state index in [-0.39, 0.29) is 24.7 Å². The van der Waals surface area contributed by atoms with E-state index in [1.54, 1.807) is 0 Å². The fourth-order valence-electron chi connectivity index (χ4n) is 2.81. The average molecular weight is 259 g/mol. The van der Waals surface area contributed by atoms with Crippen LogP contribution >= 0.6 is 0 Å². The molecule has 3 N–H and O–H groups in total. The van der Waals surface area contributed by atoms with Gasteiger partial charge in [-0.05, 0) is 26.2 Å². The second kappa shape index (κ2) is 6.33. The number of aliphatic hydroxyl groups is 2. The Hall–Kier alpha value is -0.160. The molecule has 0 spiro atoms. The van der Waals surface area contributed by atoms with Crippen LogP contribution in [0.2, 0.25) is 0 Å². The second-order valence-electron chi connectivity index (χ2n) is 5.69. The summed E-state index contributed by atoms with van der Waals surface area (Å²) >= 11 is 0. The Balaban J connectivity index is 2.69. The van der Waals surface area contributed by atoms with Gasteiger partial charge in [-0.3, -0.25) is 0 Å². The quantitative estimate of drug-likeness (QED) is 0.615. The van der Waals surface area contributed by atoms with Crippen LogP contribution < -0.4 is 5.32 Å². The van der Waals surface area contributed by atoms with Crippen LogP contribution in [0.1, 0.15) is 47.0 Å². The molecule has 0 bridgehead atoms. The summed E-state index contributed by atoms with van der Waals surface area (Å²) < 4.78 is 5.76. The van der Waals surface area contributed by atoms with Gasteiger partial charge in [-0.1, -0.05) is 20.8 Å². The maximum absolute atomic E-state index is 9.50. The molecule has 0 saturated heterocycles. The third kappa shape index (κ3) is 2.72. The summed E-state index contributed by atoms with van der Waals surface area (Å²) in [4.78, 5) is 0. The smallest absolute Gasteiger partial charge is 0.0658 e. The number of nitrogens with one attached hydrogen (secondary N) is 1. The first kappa shape index (κ1) is 15.9. The first-order valence-corrected chi connectivity index (χ1v) is 7.12. The molecule has 0 aromatic carbocycles. The first-order valence-electron chi connectivity index (χ1n) is 7.12. The topological polar surface area (TPSA) is 61.7 Å². The van der Waals surface area contributed by atoms with E-state index in [0.29, 0.717) is 6.04 Å². The van der Waals surface area contributed by atoms with Crippen molar-refractivity contribution in [3.8, 4) is 0 Å². The Kier molecular flexibility index (Phi) is 5.59. The number of aliphatic hydroxyl groups excluding tert-OH is 2. The Morgan fingerprint density at radius 1 is 1.28 bits per heavy atom. The van der Waals surface area contributed by atoms with Crippen molar-refractivity contribution in [1.82, 2.24) is 5.32 Å². The SMILES string of the molecule is CCOC1CC(NC(CC)(CO)CO)C1(C)CC. The summed E-state index contributed by atoms with van der Waals surface area (Å²) in [6.07, 6.45) is 3.00. The van der Waals surface area contributed by atoms with E-state index in [9.17, 15) is 10.2 Å². The highest BCUT2D eigenvalue weighted by molar-refractivity contribution is 5.07. The summed E-state index contributed by atoms with van der Waals surface area (Å²) in [5.74, 6) is 0. The van der Waals surface area contributed by atoms with E-state index in [0.717, 1.165) is 25.9 Å². The number of hydrogen-bond donors (Lipinski definition) is 3. The molecule has 18 heavy (non-hydrogen) atoms. The largest absolute Gasteiger partial charge is 0.394 e. The minimum Gasteiger partial charge on any atom is -0.394 e. The van der Waals surface area contributed by atoms with Crippen molar-refractivity contribution >= 4 is 0 Å². The first-order chi connectivity index (χ1) is 8.51. The average Bonchev–Trinajstić information content (AvgIpc) is 2.42. The molecule has 3 unspecified atom stereocenters. The molecule has 3 atom stereocenters. The molecule has 0 radical (unpaired) electrons. The molecule has 0 aromatic rings. The normalized spacial score (nSPS) is 32.3. The standard InChI is InChI=1S/C14H29NO3/c1-5-13(4)11(8-12(13)18-7-3)15-14(6-2,9-16)10-17/h11-12,15-17H,5-10H2,1-4H3. The van der Waals surface area contributed by atoms with Gasteiger partial charge < -0.3 is 20.3 Å². The van der Waals surface area contributed by atoms with Crippen LogP contribution in [0.25, 0.3) is 0 Å². The van der Waals surface area contributed by atoms with E-state index >= 15 is 0 Å². The van der Waals surface area contributed by atoms with Gasteiger partial charge in [0.1, 0.15) is 0 Å². The van der Waals surface area contributed by atoms with Crippen LogP contribution in [-0.4, -0.2) is 47.7 Å². The van der Waals surface area contributed by atoms with Gasteiger partial charge in [0, 0.05) is 18.1 Å². The lowest BCUT2D eigenvalue weighted by Crippen LogP contribution is -2.68. The van der Waals surface area contributed by atoms with Crippen molar-refractivity contribution in [3.05, 3.63) is 0 Å². The van der Waals surface area contributed by atoms with Crippen LogP contribution in [0.15, 0.2) is 0 Å². The molecule has 1 rings (SSSR count). The molecule has 0 aromatic heterocycles. The van der Waals surface area contributed by atoms with Gasteiger partial charge in [0.05, 0.1) is 24.9 Å². The van der Waals surface area contributed by atoms with Crippen LogP contribution in [0, 0.1) is 5.41 Å². The number of rotatable bonds is 8. The highest BCUT2D eigenvalue weighted by Gasteiger charge is 2.52. The second-order valence-corrected chi connectivity index (χ2v) is 5.69. The third-order valence-electron chi connectivity index (χ3n) is 4.87. The predicted molar refractivity (Wildman–Crippen MR) is 72.5 cm³/mol. The molecular formula is C14H29NO3. The Morgan fingerprint density at radius 3 is 2.28 bits per heavy atom. The lowest BCUT2D eigenvalue weighted by molar-refractivity contribution is -0.136. The van der Waals surface area contributed by atoms with Gasteiger partial charge in [0.2, 0.25) is 0 Å². The zero-order chi connectivity index (χ0) is 13.8. The molecule has 4 nitrogen and oxygen atoms in total. The summed E-state index contributed by atoms with van der Waals surface area (Å²) in [6, 6.07) is 0.304. The van der Waals surface area contributed by atoms with E-state index < -0.39 is 5.54 Å². The Labute approximate surface area is 111 Å². The van der Waals surface area contributed by atoms with E-state index in [2.05, 4.69) is 19.2 Å². The molecule has 0 aliphatic heterocycles. The maximum atomic E-state index is 9.50. The van der Waals surface area contributed by atoms with Crippen molar-refractivity contribution in [3.63, 3.8) is 0 Å². The van der Waals surface area contributed by atoms with Crippen LogP contribution in [0.3, 0.4) is 0 Å². The third-order valence-corrected chi connectivity index (χ3v) is 4.87. The molecule has 1 aliphatic rings. The summed E-state index contributed by atoms with van der Waals surface area (Å²) in [5.41, 5.74) is -0.459. The molecule has 0 heterocycles. The van der Waals surface area contributed by atoms with E-state index in [1.165, 1.54) is 0 Å². The number of ether oxygens (including phenoxy) is 1. The zero-order valence-electron chi connectivity index (χ0n) is 12.2. The van der Waals surface area contributed by atoms with Gasteiger partial charge in [0.15, 0.2) is 0 Å². The fourth-order valence-corrected chi connectivity index (χ4v) is 2.81. The van der Waals surface area contributed by atoms with Crippen molar-refractivity contribution in [2.24, 2.45) is 5.41 Å². The van der Waals surface area contributed by atoms with Gasteiger partial charge in [0.25, 0.3) is 0 Å². The van der Waals surface area contributed by atoms with Gasteiger partial charge in [-0.15, -0.1) is 0 Å². The van der Waals surface area contributed by atoms with Crippen molar-refractivity contribution in [2.75, 3.05) is 19.8 Å². The summed E-state index contributed by atoms with van der Waals surface area (Å²) in [7, 11) is 0.